The molecule has 1 aromatic heterocycles. The topological polar surface area (TPSA) is 56.3 Å². The minimum atomic E-state index is -4.35. The second-order valence-electron chi connectivity index (χ2n) is 18.9. The molecule has 4 nitrogen and oxygen atoms in total. The molecule has 0 bridgehead atoms. The number of hydrogen-bond acceptors (Lipinski definition) is 4. The fraction of sp³-hybridized carbons (Fsp3) is 0.553. The zero-order valence-corrected chi connectivity index (χ0v) is 37.4. The molecule has 0 fully saturated rings. The molecule has 1 aliphatic heterocycles. The number of pyridine rings is 1. The van der Waals surface area contributed by atoms with Gasteiger partial charge in [-0.3, -0.25) is 14.6 Å². The van der Waals surface area contributed by atoms with Gasteiger partial charge in [0.05, 0.1) is 18.6 Å². The molecule has 0 N–H and O–H groups in total. The summed E-state index contributed by atoms with van der Waals surface area (Å²) in [5.74, 6) is -0.242. The molecule has 1 atom stereocenters. The summed E-state index contributed by atoms with van der Waals surface area (Å²) in [5, 5.41) is 4.69. The number of carbonyl (C=O) groups excluding carboxylic acids is 2. The normalized spacial score (nSPS) is 13.5. The molecule has 1 aliphatic rings. The zero-order valence-electron chi connectivity index (χ0n) is 35.0. The van der Waals surface area contributed by atoms with Crippen LogP contribution in [0.3, 0.4) is 0 Å². The number of fused-ring (bicyclic) bond motifs is 3. The van der Waals surface area contributed by atoms with Crippen LogP contribution in [-0.4, -0.2) is 22.7 Å². The van der Waals surface area contributed by atoms with E-state index in [9.17, 15) is 22.8 Å². The third kappa shape index (κ3) is 12.7. The molecular formula is C47H61F3IrNO3-. The molecule has 1 radical (unpaired) electrons. The van der Waals surface area contributed by atoms with Crippen LogP contribution >= 0.6 is 0 Å². The molecule has 0 saturated carbocycles. The van der Waals surface area contributed by atoms with Crippen molar-refractivity contribution in [2.45, 2.75) is 141 Å². The van der Waals surface area contributed by atoms with Crippen LogP contribution in [0.1, 0.15) is 132 Å². The van der Waals surface area contributed by atoms with E-state index in [1.54, 1.807) is 0 Å². The summed E-state index contributed by atoms with van der Waals surface area (Å²) in [7, 11) is 0. The van der Waals surface area contributed by atoms with Crippen molar-refractivity contribution >= 4 is 33.1 Å². The molecule has 5 rings (SSSR count). The summed E-state index contributed by atoms with van der Waals surface area (Å²) in [6.07, 6.45) is 0.423. The predicted molar refractivity (Wildman–Crippen MR) is 216 cm³/mol. The number of ketones is 2. The van der Waals surface area contributed by atoms with Crippen LogP contribution in [0.5, 0.6) is 11.5 Å². The third-order valence-corrected chi connectivity index (χ3v) is 9.90. The SMILES string of the molecule is CC(C)(C)Cc1ccc2c(CC(C)(C)C)c3c([c-]c2c1)-c1nccc2cc(CC(C)(C)C)cc(c12)O3.CCC(CC)C(=O)CC(=O)C(CC)CC(F)(F)F.[Ir]. The molecule has 0 saturated heterocycles. The van der Waals surface area contributed by atoms with Gasteiger partial charge in [-0.15, -0.1) is 17.5 Å². The van der Waals surface area contributed by atoms with Gasteiger partial charge in [-0.25, -0.2) is 0 Å². The Morgan fingerprint density at radius 1 is 0.745 bits per heavy atom. The predicted octanol–water partition coefficient (Wildman–Crippen LogP) is 13.7. The summed E-state index contributed by atoms with van der Waals surface area (Å²) in [4.78, 5) is 28.3. The number of ether oxygens (including phenoxy) is 1. The first-order valence-corrected chi connectivity index (χ1v) is 19.6. The average Bonchev–Trinajstić information content (AvgIpc) is 3.02. The van der Waals surface area contributed by atoms with Gasteiger partial charge in [0, 0.05) is 49.2 Å². The van der Waals surface area contributed by atoms with E-state index in [4.69, 9.17) is 9.72 Å². The molecule has 303 valence electrons. The minimum Gasteiger partial charge on any atom is -0.492 e. The second kappa shape index (κ2) is 18.0. The Bertz CT molecular complexity index is 1980. The summed E-state index contributed by atoms with van der Waals surface area (Å²) in [5.41, 5.74) is 6.46. The van der Waals surface area contributed by atoms with Crippen LogP contribution in [0, 0.1) is 34.1 Å². The van der Waals surface area contributed by atoms with Crippen LogP contribution in [-0.2, 0) is 49.0 Å². The van der Waals surface area contributed by atoms with Crippen molar-refractivity contribution in [3.8, 4) is 22.8 Å². The van der Waals surface area contributed by atoms with Crippen molar-refractivity contribution in [1.82, 2.24) is 4.98 Å². The second-order valence-corrected chi connectivity index (χ2v) is 18.9. The third-order valence-electron chi connectivity index (χ3n) is 9.90. The fourth-order valence-corrected chi connectivity index (χ4v) is 7.53. The monoisotopic (exact) mass is 937 g/mol. The summed E-state index contributed by atoms with van der Waals surface area (Å²) in [6, 6.07) is 17.3. The quantitative estimate of drug-likeness (QED) is 0.0978. The fourth-order valence-electron chi connectivity index (χ4n) is 7.53. The number of alkyl halides is 3. The van der Waals surface area contributed by atoms with E-state index in [0.29, 0.717) is 12.8 Å². The molecule has 1 unspecified atom stereocenters. The number of nitrogens with zero attached hydrogens (tertiary/aromatic N) is 1. The Morgan fingerprint density at radius 2 is 1.31 bits per heavy atom. The summed E-state index contributed by atoms with van der Waals surface area (Å²) >= 11 is 0. The molecule has 0 aliphatic carbocycles. The van der Waals surface area contributed by atoms with E-state index >= 15 is 0 Å². The smallest absolute Gasteiger partial charge is 0.389 e. The number of carbonyl (C=O) groups is 2. The largest absolute Gasteiger partial charge is 0.492 e. The Balaban J connectivity index is 0.000000365. The van der Waals surface area contributed by atoms with Gasteiger partial charge in [0.15, 0.2) is 0 Å². The Hall–Kier alpha value is -3.09. The van der Waals surface area contributed by atoms with Crippen LogP contribution in [0.25, 0.3) is 32.8 Å². The van der Waals surface area contributed by atoms with Gasteiger partial charge in [-0.05, 0) is 77.9 Å². The van der Waals surface area contributed by atoms with E-state index in [1.807, 2.05) is 20.0 Å². The van der Waals surface area contributed by atoms with E-state index < -0.39 is 24.3 Å². The van der Waals surface area contributed by atoms with Gasteiger partial charge in [-0.2, -0.15) is 13.2 Å². The molecular weight excluding hydrogens is 876 g/mol. The van der Waals surface area contributed by atoms with Crippen LogP contribution in [0.4, 0.5) is 13.2 Å². The Labute approximate surface area is 341 Å². The first-order chi connectivity index (χ1) is 24.9. The van der Waals surface area contributed by atoms with Crippen molar-refractivity contribution in [3.63, 3.8) is 0 Å². The maximum atomic E-state index is 12.2. The molecule has 55 heavy (non-hydrogen) atoms. The molecule has 3 aromatic carbocycles. The Kier molecular flexibility index (Phi) is 15.2. The van der Waals surface area contributed by atoms with Crippen molar-refractivity contribution in [3.05, 3.63) is 65.4 Å². The Morgan fingerprint density at radius 3 is 1.85 bits per heavy atom. The van der Waals surface area contributed by atoms with E-state index in [0.717, 1.165) is 52.8 Å². The number of benzene rings is 3. The van der Waals surface area contributed by atoms with Gasteiger partial charge < -0.3 is 4.74 Å². The van der Waals surface area contributed by atoms with Gasteiger partial charge >= 0.3 is 6.18 Å². The maximum absolute atomic E-state index is 12.2. The number of hydrogen-bond donors (Lipinski definition) is 0. The van der Waals surface area contributed by atoms with Crippen molar-refractivity contribution in [2.75, 3.05) is 0 Å². The van der Waals surface area contributed by atoms with E-state index in [-0.39, 0.29) is 60.9 Å². The van der Waals surface area contributed by atoms with Crippen LogP contribution < -0.4 is 4.74 Å². The molecule has 0 spiro atoms. The first-order valence-electron chi connectivity index (χ1n) is 19.6. The number of aromatic nitrogens is 1. The number of Topliss-reactive ketones (excluding diaryl/α,β-unsaturated/α-hetero) is 2. The number of halogens is 3. The maximum Gasteiger partial charge on any atom is 0.389 e. The van der Waals surface area contributed by atoms with E-state index in [2.05, 4.69) is 105 Å². The standard InChI is InChI=1S/C34H40NO.C13H21F3O2.Ir/c1-32(2,3)18-21-10-11-25-24(14-21)17-26-30-29-23(12-13-35-30)15-22(19-33(4,5)6)16-28(29)36-31(26)27(25)20-34(7,8)9;1-4-9(5-2)11(17)7-12(18)10(6-3)8-13(14,15)16;/h10-16H,18-20H2,1-9H3;9-10H,4-8H2,1-3H3;/q-1;;. The zero-order chi connectivity index (χ0) is 40.4. The molecule has 2 heterocycles. The van der Waals surface area contributed by atoms with Gasteiger partial charge in [0.25, 0.3) is 0 Å². The van der Waals surface area contributed by atoms with Gasteiger partial charge in [0.1, 0.15) is 17.3 Å². The van der Waals surface area contributed by atoms with Crippen molar-refractivity contribution in [1.29, 1.82) is 0 Å². The van der Waals surface area contributed by atoms with Crippen LogP contribution in [0.2, 0.25) is 0 Å². The van der Waals surface area contributed by atoms with Crippen molar-refractivity contribution in [2.24, 2.45) is 28.1 Å². The molecule has 4 aromatic rings. The first kappa shape index (κ1) is 46.3. The minimum absolute atomic E-state index is 0. The van der Waals surface area contributed by atoms with Gasteiger partial charge in [0.2, 0.25) is 0 Å². The number of rotatable bonds is 11. The summed E-state index contributed by atoms with van der Waals surface area (Å²) in [6.45, 7) is 25.8. The molecule has 0 amide bonds. The van der Waals surface area contributed by atoms with Gasteiger partial charge in [-0.1, -0.05) is 123 Å². The molecule has 8 heteroatoms. The van der Waals surface area contributed by atoms with E-state index in [1.165, 1.54) is 34.4 Å². The average molecular weight is 937 g/mol. The summed E-state index contributed by atoms with van der Waals surface area (Å²) < 4.78 is 43.6. The van der Waals surface area contributed by atoms with Crippen molar-refractivity contribution < 1.29 is 47.6 Å². The van der Waals surface area contributed by atoms with Crippen LogP contribution in [0.15, 0.2) is 42.6 Å².